The predicted octanol–water partition coefficient (Wildman–Crippen LogP) is 5.43. The van der Waals surface area contributed by atoms with Gasteiger partial charge in [0, 0.05) is 66.0 Å². The standard InChI is InChI=1S/C26H24ClN7O/c1-6-21(35)30-20-9-16(8-7-14(20)2)22-23-24(27)18(19-13-34(5)32-15(19)3)11-28-26(23)31-25(22)17-10-29-33(4)12-17/h6-13H,1H2,2-5H3,(H,28,31)(H,30,35). The van der Waals surface area contributed by atoms with Gasteiger partial charge in [0.1, 0.15) is 5.65 Å². The third-order valence-electron chi connectivity index (χ3n) is 6.03. The number of carbonyl (C=O) groups excluding carboxylic acids is 1. The number of hydrogen-bond acceptors (Lipinski definition) is 4. The molecule has 8 nitrogen and oxygen atoms in total. The van der Waals surface area contributed by atoms with Gasteiger partial charge in [0.25, 0.3) is 0 Å². The summed E-state index contributed by atoms with van der Waals surface area (Å²) in [4.78, 5) is 20.2. The molecular formula is C26H24ClN7O. The van der Waals surface area contributed by atoms with Crippen molar-refractivity contribution in [1.29, 1.82) is 0 Å². The Balaban J connectivity index is 1.81. The molecule has 0 atom stereocenters. The van der Waals surface area contributed by atoms with Gasteiger partial charge in [-0.2, -0.15) is 10.2 Å². The van der Waals surface area contributed by atoms with Crippen molar-refractivity contribution in [3.05, 3.63) is 71.9 Å². The highest BCUT2D eigenvalue weighted by Gasteiger charge is 2.23. The molecule has 176 valence electrons. The maximum atomic E-state index is 12.0. The Hall–Kier alpha value is -4.17. The van der Waals surface area contributed by atoms with E-state index in [4.69, 9.17) is 16.6 Å². The van der Waals surface area contributed by atoms with Crippen LogP contribution < -0.4 is 5.32 Å². The van der Waals surface area contributed by atoms with Crippen LogP contribution in [0.15, 0.2) is 55.6 Å². The maximum absolute atomic E-state index is 12.0. The van der Waals surface area contributed by atoms with Gasteiger partial charge in [0.2, 0.25) is 5.91 Å². The largest absolute Gasteiger partial charge is 0.339 e. The molecule has 4 heterocycles. The summed E-state index contributed by atoms with van der Waals surface area (Å²) in [5, 5.41) is 13.1. The molecule has 5 aromatic rings. The van der Waals surface area contributed by atoms with Crippen LogP contribution in [0, 0.1) is 13.8 Å². The number of hydrogen-bond donors (Lipinski definition) is 2. The number of pyridine rings is 1. The molecule has 4 aromatic heterocycles. The normalized spacial score (nSPS) is 11.2. The summed E-state index contributed by atoms with van der Waals surface area (Å²) in [7, 11) is 3.75. The molecule has 0 bridgehead atoms. The topological polar surface area (TPSA) is 93.4 Å². The number of carbonyl (C=O) groups is 1. The summed E-state index contributed by atoms with van der Waals surface area (Å²) in [6, 6.07) is 5.92. The van der Waals surface area contributed by atoms with Crippen LogP contribution in [-0.4, -0.2) is 35.4 Å². The number of H-pyrrole nitrogens is 1. The van der Waals surface area contributed by atoms with Gasteiger partial charge in [-0.3, -0.25) is 14.2 Å². The minimum Gasteiger partial charge on any atom is -0.339 e. The van der Waals surface area contributed by atoms with E-state index in [-0.39, 0.29) is 5.91 Å². The zero-order chi connectivity index (χ0) is 24.9. The average molecular weight is 486 g/mol. The number of aromatic nitrogens is 6. The highest BCUT2D eigenvalue weighted by Crippen LogP contribution is 2.44. The summed E-state index contributed by atoms with van der Waals surface area (Å²) in [6.45, 7) is 7.45. The van der Waals surface area contributed by atoms with Gasteiger partial charge < -0.3 is 10.3 Å². The monoisotopic (exact) mass is 485 g/mol. The number of amides is 1. The van der Waals surface area contributed by atoms with E-state index in [2.05, 4.69) is 27.1 Å². The number of anilines is 1. The molecule has 0 unspecified atom stereocenters. The SMILES string of the molecule is C=CC(=O)Nc1cc(-c2c(-c3cnn(C)c3)[nH]c3ncc(-c4cn(C)nc4C)c(Cl)c23)ccc1C. The Bertz CT molecular complexity index is 1620. The van der Waals surface area contributed by atoms with Crippen molar-refractivity contribution in [2.45, 2.75) is 13.8 Å². The molecule has 2 N–H and O–H groups in total. The lowest BCUT2D eigenvalue weighted by Crippen LogP contribution is -2.08. The van der Waals surface area contributed by atoms with Crippen molar-refractivity contribution in [2.24, 2.45) is 14.1 Å². The van der Waals surface area contributed by atoms with Crippen LogP contribution in [0.3, 0.4) is 0 Å². The van der Waals surface area contributed by atoms with E-state index in [1.165, 1.54) is 6.08 Å². The van der Waals surface area contributed by atoms with Crippen LogP contribution in [0.2, 0.25) is 5.02 Å². The molecule has 0 aliphatic heterocycles. The molecule has 1 aromatic carbocycles. The lowest BCUT2D eigenvalue weighted by molar-refractivity contribution is -0.111. The van der Waals surface area contributed by atoms with Gasteiger partial charge in [-0.1, -0.05) is 30.3 Å². The van der Waals surface area contributed by atoms with Gasteiger partial charge in [0.05, 0.1) is 22.6 Å². The van der Waals surface area contributed by atoms with E-state index < -0.39 is 0 Å². The number of fused-ring (bicyclic) bond motifs is 1. The second kappa shape index (κ2) is 8.56. The number of nitrogens with zero attached hydrogens (tertiary/aromatic N) is 5. The quantitative estimate of drug-likeness (QED) is 0.325. The first-order chi connectivity index (χ1) is 16.8. The number of halogens is 1. The molecule has 0 aliphatic carbocycles. The van der Waals surface area contributed by atoms with Gasteiger partial charge in [0.15, 0.2) is 0 Å². The van der Waals surface area contributed by atoms with E-state index in [1.807, 2.05) is 58.5 Å². The van der Waals surface area contributed by atoms with Gasteiger partial charge in [-0.15, -0.1) is 0 Å². The Morgan fingerprint density at radius 1 is 1.11 bits per heavy atom. The molecule has 5 rings (SSSR count). The van der Waals surface area contributed by atoms with E-state index in [0.717, 1.165) is 50.2 Å². The van der Waals surface area contributed by atoms with Crippen LogP contribution in [0.1, 0.15) is 11.3 Å². The Morgan fingerprint density at radius 3 is 2.57 bits per heavy atom. The molecule has 0 fully saturated rings. The van der Waals surface area contributed by atoms with E-state index in [9.17, 15) is 4.79 Å². The van der Waals surface area contributed by atoms with Crippen molar-refractivity contribution in [3.63, 3.8) is 0 Å². The summed E-state index contributed by atoms with van der Waals surface area (Å²) in [6.07, 6.45) is 8.69. The Morgan fingerprint density at radius 2 is 1.91 bits per heavy atom. The zero-order valence-corrected chi connectivity index (χ0v) is 20.6. The van der Waals surface area contributed by atoms with Crippen LogP contribution in [0.5, 0.6) is 0 Å². The first kappa shape index (κ1) is 22.6. The zero-order valence-electron chi connectivity index (χ0n) is 19.8. The molecule has 0 spiro atoms. The first-order valence-electron chi connectivity index (χ1n) is 11.0. The van der Waals surface area contributed by atoms with Gasteiger partial charge in [-0.25, -0.2) is 4.98 Å². The second-order valence-electron chi connectivity index (χ2n) is 8.51. The fraction of sp³-hybridized carbons (Fsp3) is 0.154. The molecule has 0 radical (unpaired) electrons. The Kier molecular flexibility index (Phi) is 5.53. The maximum Gasteiger partial charge on any atom is 0.247 e. The number of aryl methyl sites for hydroxylation is 4. The van der Waals surface area contributed by atoms with Crippen LogP contribution in [0.25, 0.3) is 44.5 Å². The number of aromatic amines is 1. The van der Waals surface area contributed by atoms with Crippen molar-refractivity contribution >= 4 is 34.2 Å². The summed E-state index contributed by atoms with van der Waals surface area (Å²) in [5.74, 6) is -0.273. The summed E-state index contributed by atoms with van der Waals surface area (Å²) in [5.41, 5.74) is 8.37. The fourth-order valence-electron chi connectivity index (χ4n) is 4.32. The molecule has 35 heavy (non-hydrogen) atoms. The Labute approximate surface area is 207 Å². The van der Waals surface area contributed by atoms with Crippen LogP contribution in [0.4, 0.5) is 5.69 Å². The third-order valence-corrected chi connectivity index (χ3v) is 6.42. The number of nitrogens with one attached hydrogen (secondary N) is 2. The minimum atomic E-state index is -0.273. The smallest absolute Gasteiger partial charge is 0.247 e. The van der Waals surface area contributed by atoms with E-state index in [0.29, 0.717) is 16.4 Å². The van der Waals surface area contributed by atoms with Crippen molar-refractivity contribution in [3.8, 4) is 33.5 Å². The lowest BCUT2D eigenvalue weighted by atomic mass is 9.97. The molecule has 1 amide bonds. The molecule has 9 heteroatoms. The number of rotatable bonds is 5. The third kappa shape index (κ3) is 3.91. The lowest BCUT2D eigenvalue weighted by Gasteiger charge is -2.12. The molecule has 0 saturated heterocycles. The highest BCUT2D eigenvalue weighted by molar-refractivity contribution is 6.39. The summed E-state index contributed by atoms with van der Waals surface area (Å²) >= 11 is 7.10. The van der Waals surface area contributed by atoms with Crippen LogP contribution >= 0.6 is 11.6 Å². The van der Waals surface area contributed by atoms with Crippen molar-refractivity contribution in [2.75, 3.05) is 5.32 Å². The molecule has 0 saturated carbocycles. The molecular weight excluding hydrogens is 462 g/mol. The first-order valence-corrected chi connectivity index (χ1v) is 11.4. The van der Waals surface area contributed by atoms with E-state index in [1.54, 1.807) is 21.8 Å². The van der Waals surface area contributed by atoms with E-state index >= 15 is 0 Å². The predicted molar refractivity (Wildman–Crippen MR) is 139 cm³/mol. The van der Waals surface area contributed by atoms with Crippen molar-refractivity contribution < 1.29 is 4.79 Å². The fourth-order valence-corrected chi connectivity index (χ4v) is 4.66. The van der Waals surface area contributed by atoms with Gasteiger partial charge >= 0.3 is 0 Å². The van der Waals surface area contributed by atoms with Crippen molar-refractivity contribution in [1.82, 2.24) is 29.5 Å². The minimum absolute atomic E-state index is 0.273. The summed E-state index contributed by atoms with van der Waals surface area (Å²) < 4.78 is 3.51. The highest BCUT2D eigenvalue weighted by atomic mass is 35.5. The van der Waals surface area contributed by atoms with Gasteiger partial charge in [-0.05, 0) is 37.1 Å². The average Bonchev–Trinajstić information content (AvgIpc) is 3.52. The van der Waals surface area contributed by atoms with Crippen LogP contribution in [-0.2, 0) is 18.9 Å². The molecule has 0 aliphatic rings. The second-order valence-corrected chi connectivity index (χ2v) is 8.89. The number of benzene rings is 1.